The predicted molar refractivity (Wildman–Crippen MR) is 58.2 cm³/mol. The van der Waals surface area contributed by atoms with Gasteiger partial charge in [-0.2, -0.15) is 0 Å². The Bertz CT molecular complexity index is 465. The van der Waals surface area contributed by atoms with E-state index in [4.69, 9.17) is 0 Å². The van der Waals surface area contributed by atoms with Crippen LogP contribution in [0.1, 0.15) is 17.4 Å². The van der Waals surface area contributed by atoms with Crippen molar-refractivity contribution < 1.29 is 9.59 Å². The summed E-state index contributed by atoms with van der Waals surface area (Å²) in [6, 6.07) is -0.466. The first kappa shape index (κ1) is 10.7. The Labute approximate surface area is 93.5 Å². The standard InChI is InChI=1S/C10H14N4O2/c1-6-9(15)14(4)8-7(10(16)13(6)3)12(2)5-11-8/h5-6H,1-4H3. The van der Waals surface area contributed by atoms with Gasteiger partial charge in [-0.25, -0.2) is 4.98 Å². The Morgan fingerprint density at radius 1 is 1.25 bits per heavy atom. The van der Waals surface area contributed by atoms with E-state index in [2.05, 4.69) is 4.98 Å². The van der Waals surface area contributed by atoms with Crippen LogP contribution in [-0.4, -0.2) is 46.4 Å². The van der Waals surface area contributed by atoms with E-state index < -0.39 is 6.04 Å². The summed E-state index contributed by atoms with van der Waals surface area (Å²) in [6.45, 7) is 1.71. The number of hydrogen-bond acceptors (Lipinski definition) is 3. The Hall–Kier alpha value is -1.85. The van der Waals surface area contributed by atoms with Crippen LogP contribution in [0.15, 0.2) is 6.33 Å². The number of hydrogen-bond donors (Lipinski definition) is 0. The minimum absolute atomic E-state index is 0.131. The van der Waals surface area contributed by atoms with E-state index in [1.165, 1.54) is 16.1 Å². The van der Waals surface area contributed by atoms with Crippen LogP contribution < -0.4 is 4.90 Å². The lowest BCUT2D eigenvalue weighted by molar-refractivity contribution is -0.121. The Morgan fingerprint density at radius 3 is 2.50 bits per heavy atom. The second-order valence-corrected chi connectivity index (χ2v) is 4.02. The molecule has 2 heterocycles. The molecule has 0 saturated carbocycles. The highest BCUT2D eigenvalue weighted by atomic mass is 16.2. The first-order valence-corrected chi connectivity index (χ1v) is 5.01. The van der Waals surface area contributed by atoms with Gasteiger partial charge in [0.05, 0.1) is 6.33 Å². The molecule has 0 spiro atoms. The molecule has 1 unspecified atom stereocenters. The lowest BCUT2D eigenvalue weighted by atomic mass is 10.3. The van der Waals surface area contributed by atoms with Gasteiger partial charge in [-0.15, -0.1) is 0 Å². The van der Waals surface area contributed by atoms with Crippen LogP contribution in [0.5, 0.6) is 0 Å². The third-order valence-electron chi connectivity index (χ3n) is 3.03. The van der Waals surface area contributed by atoms with Crippen molar-refractivity contribution in [2.45, 2.75) is 13.0 Å². The van der Waals surface area contributed by atoms with Crippen molar-refractivity contribution in [3.8, 4) is 0 Å². The molecule has 1 aromatic heterocycles. The molecule has 86 valence electrons. The largest absolute Gasteiger partial charge is 0.329 e. The molecule has 16 heavy (non-hydrogen) atoms. The summed E-state index contributed by atoms with van der Waals surface area (Å²) < 4.78 is 1.63. The zero-order chi connectivity index (χ0) is 12.0. The molecule has 2 amide bonds. The number of aromatic nitrogens is 2. The number of carbonyl (C=O) groups excluding carboxylic acids is 2. The molecule has 6 heteroatoms. The molecule has 0 bridgehead atoms. The van der Waals surface area contributed by atoms with Crippen LogP contribution >= 0.6 is 0 Å². The Balaban J connectivity index is 2.63. The summed E-state index contributed by atoms with van der Waals surface area (Å²) in [5.41, 5.74) is 0.447. The van der Waals surface area contributed by atoms with E-state index in [-0.39, 0.29) is 11.8 Å². The van der Waals surface area contributed by atoms with Crippen LogP contribution in [-0.2, 0) is 11.8 Å². The zero-order valence-corrected chi connectivity index (χ0v) is 9.76. The van der Waals surface area contributed by atoms with E-state index in [0.717, 1.165) is 0 Å². The average molecular weight is 222 g/mol. The van der Waals surface area contributed by atoms with Gasteiger partial charge in [0.25, 0.3) is 5.91 Å². The number of imidazole rings is 1. The van der Waals surface area contributed by atoms with E-state index >= 15 is 0 Å². The summed E-state index contributed by atoms with van der Waals surface area (Å²) in [5.74, 6) is 0.113. The fourth-order valence-corrected chi connectivity index (χ4v) is 1.80. The fourth-order valence-electron chi connectivity index (χ4n) is 1.80. The van der Waals surface area contributed by atoms with Crippen molar-refractivity contribution in [3.63, 3.8) is 0 Å². The maximum atomic E-state index is 12.1. The van der Waals surface area contributed by atoms with Crippen LogP contribution in [0.4, 0.5) is 5.82 Å². The molecule has 1 atom stereocenters. The lowest BCUT2D eigenvalue weighted by Crippen LogP contribution is -2.43. The molecule has 0 radical (unpaired) electrons. The molecular weight excluding hydrogens is 208 g/mol. The minimum Gasteiger partial charge on any atom is -0.329 e. The molecule has 1 aliphatic rings. The monoisotopic (exact) mass is 222 g/mol. The van der Waals surface area contributed by atoms with Gasteiger partial charge in [-0.05, 0) is 6.92 Å². The first-order valence-electron chi connectivity index (χ1n) is 5.01. The normalized spacial score (nSPS) is 21.1. The number of aryl methyl sites for hydroxylation is 1. The number of amides is 2. The summed E-state index contributed by atoms with van der Waals surface area (Å²) in [6.07, 6.45) is 1.54. The summed E-state index contributed by atoms with van der Waals surface area (Å²) >= 11 is 0. The number of fused-ring (bicyclic) bond motifs is 1. The maximum absolute atomic E-state index is 12.1. The maximum Gasteiger partial charge on any atom is 0.274 e. The van der Waals surface area contributed by atoms with Crippen molar-refractivity contribution in [2.75, 3.05) is 19.0 Å². The van der Waals surface area contributed by atoms with Crippen molar-refractivity contribution in [1.29, 1.82) is 0 Å². The summed E-state index contributed by atoms with van der Waals surface area (Å²) in [5, 5.41) is 0. The van der Waals surface area contributed by atoms with Crippen molar-refractivity contribution in [1.82, 2.24) is 14.5 Å². The van der Waals surface area contributed by atoms with E-state index in [0.29, 0.717) is 11.5 Å². The number of anilines is 1. The van der Waals surface area contributed by atoms with E-state index in [9.17, 15) is 9.59 Å². The van der Waals surface area contributed by atoms with Gasteiger partial charge in [0.15, 0.2) is 11.5 Å². The number of carbonyl (C=O) groups is 2. The minimum atomic E-state index is -0.466. The Morgan fingerprint density at radius 2 is 1.88 bits per heavy atom. The molecule has 0 N–H and O–H groups in total. The van der Waals surface area contributed by atoms with Crippen LogP contribution in [0, 0.1) is 0 Å². The van der Waals surface area contributed by atoms with Crippen molar-refractivity contribution in [3.05, 3.63) is 12.0 Å². The third kappa shape index (κ3) is 1.22. The highest BCUT2D eigenvalue weighted by Crippen LogP contribution is 2.23. The van der Waals surface area contributed by atoms with Crippen molar-refractivity contribution >= 4 is 17.6 Å². The van der Waals surface area contributed by atoms with Gasteiger partial charge >= 0.3 is 0 Å². The van der Waals surface area contributed by atoms with E-state index in [1.54, 1.807) is 32.6 Å². The summed E-state index contributed by atoms with van der Waals surface area (Å²) in [7, 11) is 5.00. The average Bonchev–Trinajstić information content (AvgIpc) is 2.63. The summed E-state index contributed by atoms with van der Waals surface area (Å²) in [4.78, 5) is 31.0. The second-order valence-electron chi connectivity index (χ2n) is 4.02. The quantitative estimate of drug-likeness (QED) is 0.613. The first-order chi connectivity index (χ1) is 7.45. The topological polar surface area (TPSA) is 58.4 Å². The molecule has 1 aromatic rings. The molecule has 6 nitrogen and oxygen atoms in total. The number of likely N-dealkylation sites (N-methyl/N-ethyl adjacent to an activating group) is 2. The number of rotatable bonds is 0. The third-order valence-corrected chi connectivity index (χ3v) is 3.03. The second kappa shape index (κ2) is 3.33. The van der Waals surface area contributed by atoms with Crippen LogP contribution in [0.3, 0.4) is 0 Å². The predicted octanol–water partition coefficient (Wildman–Crippen LogP) is -0.143. The lowest BCUT2D eigenvalue weighted by Gasteiger charge is -2.22. The number of nitrogens with zero attached hydrogens (tertiary/aromatic N) is 4. The van der Waals surface area contributed by atoms with Gasteiger partial charge in [0.1, 0.15) is 6.04 Å². The highest BCUT2D eigenvalue weighted by molar-refractivity contribution is 6.08. The van der Waals surface area contributed by atoms with Crippen molar-refractivity contribution in [2.24, 2.45) is 7.05 Å². The SMILES string of the molecule is CC1C(=O)N(C)c2ncn(C)c2C(=O)N1C. The Kier molecular flexibility index (Phi) is 2.22. The van der Waals surface area contributed by atoms with Gasteiger partial charge < -0.3 is 9.47 Å². The van der Waals surface area contributed by atoms with E-state index in [1.807, 2.05) is 0 Å². The molecule has 0 aromatic carbocycles. The molecule has 1 aliphatic heterocycles. The smallest absolute Gasteiger partial charge is 0.274 e. The molecule has 2 rings (SSSR count). The van der Waals surface area contributed by atoms with Crippen LogP contribution in [0.2, 0.25) is 0 Å². The fraction of sp³-hybridized carbons (Fsp3) is 0.500. The highest BCUT2D eigenvalue weighted by Gasteiger charge is 2.36. The zero-order valence-electron chi connectivity index (χ0n) is 9.76. The molecule has 0 aliphatic carbocycles. The van der Waals surface area contributed by atoms with Crippen LogP contribution in [0.25, 0.3) is 0 Å². The van der Waals surface area contributed by atoms with Gasteiger partial charge in [-0.1, -0.05) is 0 Å². The van der Waals surface area contributed by atoms with Gasteiger partial charge in [0.2, 0.25) is 5.91 Å². The van der Waals surface area contributed by atoms with Gasteiger partial charge in [0, 0.05) is 21.1 Å². The molecule has 0 fully saturated rings. The molecular formula is C10H14N4O2. The molecule has 0 saturated heterocycles. The van der Waals surface area contributed by atoms with Gasteiger partial charge in [-0.3, -0.25) is 14.5 Å².